The Balaban J connectivity index is 1.57. The molecule has 1 saturated carbocycles. The quantitative estimate of drug-likeness (QED) is 0.781. The van der Waals surface area contributed by atoms with Gasteiger partial charge < -0.3 is 9.73 Å². The maximum atomic E-state index is 12.4. The van der Waals surface area contributed by atoms with Gasteiger partial charge in [0.1, 0.15) is 12.3 Å². The van der Waals surface area contributed by atoms with E-state index in [1.54, 1.807) is 12.3 Å². The minimum absolute atomic E-state index is 0.105. The van der Waals surface area contributed by atoms with Gasteiger partial charge in [0.15, 0.2) is 0 Å². The normalized spacial score (nSPS) is 24.5. The number of hydrogen-bond acceptors (Lipinski definition) is 5. The number of nitrogens with one attached hydrogen (secondary N) is 1. The standard InChI is InChI=1S/C18H25N3O4/c1-20(2)14(15-8-5-9-25-15)10-19-16(22)11-21-17(23)12-6-3-4-7-13(12)18(21)24/h5,8-9,12-14H,3-4,6-7,10-11H2,1-2H3,(H,19,22)/t12-,13-,14-/m0/s1. The van der Waals surface area contributed by atoms with Gasteiger partial charge in [-0.2, -0.15) is 0 Å². The highest BCUT2D eigenvalue weighted by molar-refractivity contribution is 6.07. The van der Waals surface area contributed by atoms with Gasteiger partial charge in [-0.15, -0.1) is 0 Å². The fourth-order valence-corrected chi connectivity index (χ4v) is 3.82. The molecule has 136 valence electrons. The Bertz CT molecular complexity index is 617. The topological polar surface area (TPSA) is 82.9 Å². The van der Waals surface area contributed by atoms with Crippen LogP contribution in [0.1, 0.15) is 37.5 Å². The van der Waals surface area contributed by atoms with E-state index in [-0.39, 0.29) is 42.1 Å². The van der Waals surface area contributed by atoms with Crippen LogP contribution in [0.15, 0.2) is 22.8 Å². The Labute approximate surface area is 147 Å². The van der Waals surface area contributed by atoms with Crippen LogP contribution >= 0.6 is 0 Å². The third-order valence-corrected chi connectivity index (χ3v) is 5.22. The van der Waals surface area contributed by atoms with Crippen LogP contribution in [-0.4, -0.2) is 54.7 Å². The van der Waals surface area contributed by atoms with Crippen LogP contribution in [0.25, 0.3) is 0 Å². The molecular weight excluding hydrogens is 322 g/mol. The molecule has 1 N–H and O–H groups in total. The van der Waals surface area contributed by atoms with Crippen LogP contribution in [0.3, 0.4) is 0 Å². The summed E-state index contributed by atoms with van der Waals surface area (Å²) in [4.78, 5) is 40.2. The first-order valence-corrected chi connectivity index (χ1v) is 8.80. The highest BCUT2D eigenvalue weighted by Gasteiger charge is 2.48. The molecule has 3 rings (SSSR count). The van der Waals surface area contributed by atoms with Gasteiger partial charge in [-0.1, -0.05) is 12.8 Å². The van der Waals surface area contributed by atoms with Crippen LogP contribution in [0.4, 0.5) is 0 Å². The van der Waals surface area contributed by atoms with Gasteiger partial charge in [0.2, 0.25) is 17.7 Å². The molecule has 25 heavy (non-hydrogen) atoms. The van der Waals surface area contributed by atoms with E-state index in [1.807, 2.05) is 25.1 Å². The molecule has 1 aliphatic carbocycles. The average Bonchev–Trinajstić information content (AvgIpc) is 3.19. The van der Waals surface area contributed by atoms with E-state index >= 15 is 0 Å². The van der Waals surface area contributed by atoms with Crippen molar-refractivity contribution in [2.24, 2.45) is 11.8 Å². The maximum absolute atomic E-state index is 12.4. The van der Waals surface area contributed by atoms with Crippen molar-refractivity contribution in [2.75, 3.05) is 27.2 Å². The lowest BCUT2D eigenvalue weighted by Crippen LogP contribution is -2.43. The van der Waals surface area contributed by atoms with Crippen molar-refractivity contribution in [3.63, 3.8) is 0 Å². The fourth-order valence-electron chi connectivity index (χ4n) is 3.82. The molecule has 7 heteroatoms. The number of amides is 3. The summed E-state index contributed by atoms with van der Waals surface area (Å²) in [5.74, 6) is -0.359. The van der Waals surface area contributed by atoms with Crippen LogP contribution in [0.2, 0.25) is 0 Å². The zero-order chi connectivity index (χ0) is 18.0. The first kappa shape index (κ1) is 17.7. The number of rotatable bonds is 6. The number of hydrogen-bond donors (Lipinski definition) is 1. The summed E-state index contributed by atoms with van der Waals surface area (Å²) in [5, 5.41) is 2.81. The summed E-state index contributed by atoms with van der Waals surface area (Å²) in [6.07, 6.45) is 5.07. The Morgan fingerprint density at radius 1 is 1.28 bits per heavy atom. The van der Waals surface area contributed by atoms with E-state index < -0.39 is 0 Å². The number of carbonyl (C=O) groups is 3. The molecule has 2 heterocycles. The average molecular weight is 347 g/mol. The molecule has 2 aliphatic rings. The molecule has 0 radical (unpaired) electrons. The third kappa shape index (κ3) is 3.61. The van der Waals surface area contributed by atoms with Gasteiger partial charge in [0.05, 0.1) is 24.1 Å². The molecule has 0 unspecified atom stereocenters. The second-order valence-corrected chi connectivity index (χ2v) is 7.06. The third-order valence-electron chi connectivity index (χ3n) is 5.22. The molecule has 3 amide bonds. The van der Waals surface area contributed by atoms with Crippen molar-refractivity contribution < 1.29 is 18.8 Å². The van der Waals surface area contributed by atoms with Crippen molar-refractivity contribution in [3.8, 4) is 0 Å². The lowest BCUT2D eigenvalue weighted by molar-refractivity contribution is -0.143. The predicted octanol–water partition coefficient (Wildman–Crippen LogP) is 1.17. The van der Waals surface area contributed by atoms with E-state index in [4.69, 9.17) is 4.42 Å². The van der Waals surface area contributed by atoms with Gasteiger partial charge in [-0.05, 0) is 39.1 Å². The minimum Gasteiger partial charge on any atom is -0.468 e. The Morgan fingerprint density at radius 3 is 2.44 bits per heavy atom. The molecule has 1 aromatic rings. The lowest BCUT2D eigenvalue weighted by atomic mass is 9.81. The molecule has 1 aromatic heterocycles. The molecule has 3 atom stereocenters. The number of likely N-dealkylation sites (N-methyl/N-ethyl adjacent to an activating group) is 1. The molecule has 0 spiro atoms. The number of furan rings is 1. The maximum Gasteiger partial charge on any atom is 0.240 e. The number of likely N-dealkylation sites (tertiary alicyclic amines) is 1. The summed E-state index contributed by atoms with van der Waals surface area (Å²) < 4.78 is 5.41. The van der Waals surface area contributed by atoms with E-state index in [2.05, 4.69) is 5.32 Å². The molecule has 2 fully saturated rings. The summed E-state index contributed by atoms with van der Waals surface area (Å²) in [6, 6.07) is 3.55. The summed E-state index contributed by atoms with van der Waals surface area (Å²) in [6.45, 7) is 0.158. The molecular formula is C18H25N3O4. The molecule has 0 bridgehead atoms. The second-order valence-electron chi connectivity index (χ2n) is 7.06. The van der Waals surface area contributed by atoms with Crippen molar-refractivity contribution in [3.05, 3.63) is 24.2 Å². The SMILES string of the molecule is CN(C)[C@@H](CNC(=O)CN1C(=O)[C@H]2CCCC[C@@H]2C1=O)c1ccco1. The zero-order valence-electron chi connectivity index (χ0n) is 14.7. The van der Waals surface area contributed by atoms with Gasteiger partial charge in [0.25, 0.3) is 0 Å². The summed E-state index contributed by atoms with van der Waals surface area (Å²) in [7, 11) is 3.80. The van der Waals surface area contributed by atoms with Crippen LogP contribution in [-0.2, 0) is 14.4 Å². The van der Waals surface area contributed by atoms with E-state index in [0.717, 1.165) is 36.3 Å². The van der Waals surface area contributed by atoms with Crippen LogP contribution < -0.4 is 5.32 Å². The predicted molar refractivity (Wildman–Crippen MR) is 90.3 cm³/mol. The second kappa shape index (κ2) is 7.39. The van der Waals surface area contributed by atoms with Crippen molar-refractivity contribution >= 4 is 17.7 Å². The molecule has 7 nitrogen and oxygen atoms in total. The highest BCUT2D eigenvalue weighted by atomic mass is 16.3. The molecule has 0 aromatic carbocycles. The van der Waals surface area contributed by atoms with Crippen LogP contribution in [0.5, 0.6) is 0 Å². The first-order chi connectivity index (χ1) is 12.0. The van der Waals surface area contributed by atoms with E-state index in [0.29, 0.717) is 6.54 Å². The molecule has 1 aliphatic heterocycles. The van der Waals surface area contributed by atoms with Crippen molar-refractivity contribution in [1.82, 2.24) is 15.1 Å². The van der Waals surface area contributed by atoms with E-state index in [9.17, 15) is 14.4 Å². The minimum atomic E-state index is -0.321. The Kier molecular flexibility index (Phi) is 5.22. The van der Waals surface area contributed by atoms with Crippen molar-refractivity contribution in [2.45, 2.75) is 31.7 Å². The van der Waals surface area contributed by atoms with Gasteiger partial charge >= 0.3 is 0 Å². The Hall–Kier alpha value is -2.15. The zero-order valence-corrected chi connectivity index (χ0v) is 14.7. The lowest BCUT2D eigenvalue weighted by Gasteiger charge is -2.23. The van der Waals surface area contributed by atoms with E-state index in [1.165, 1.54) is 0 Å². The number of nitrogens with zero attached hydrogens (tertiary/aromatic N) is 2. The fraction of sp³-hybridized carbons (Fsp3) is 0.611. The number of fused-ring (bicyclic) bond motifs is 1. The highest BCUT2D eigenvalue weighted by Crippen LogP contribution is 2.37. The van der Waals surface area contributed by atoms with Gasteiger partial charge in [-0.25, -0.2) is 0 Å². The smallest absolute Gasteiger partial charge is 0.240 e. The Morgan fingerprint density at radius 2 is 1.92 bits per heavy atom. The van der Waals surface area contributed by atoms with Gasteiger partial charge in [-0.3, -0.25) is 24.2 Å². The monoisotopic (exact) mass is 347 g/mol. The first-order valence-electron chi connectivity index (χ1n) is 8.80. The van der Waals surface area contributed by atoms with Crippen LogP contribution in [0, 0.1) is 11.8 Å². The summed E-state index contributed by atoms with van der Waals surface area (Å²) in [5.41, 5.74) is 0. The van der Waals surface area contributed by atoms with Gasteiger partial charge in [0, 0.05) is 6.54 Å². The number of imide groups is 1. The number of carbonyl (C=O) groups excluding carboxylic acids is 3. The largest absolute Gasteiger partial charge is 0.468 e. The van der Waals surface area contributed by atoms with Crippen molar-refractivity contribution in [1.29, 1.82) is 0 Å². The summed E-state index contributed by atoms with van der Waals surface area (Å²) >= 11 is 0. The molecule has 1 saturated heterocycles.